The first-order chi connectivity index (χ1) is 8.88. The topological polar surface area (TPSA) is 21.6 Å². The molecule has 0 unspecified atom stereocenters. The Bertz CT molecular complexity index is 527. The molecule has 2 aromatic carbocycles. The number of allylic oxidation sites excluding steroid dienone is 1. The molecule has 0 bridgehead atoms. The SMILES string of the molecule is COc1ccc(/N=C/C=C/c2ccccc2)cc1. The molecule has 0 fully saturated rings. The van der Waals surface area contributed by atoms with E-state index in [-0.39, 0.29) is 0 Å². The Morgan fingerprint density at radius 1 is 0.944 bits per heavy atom. The van der Waals surface area contributed by atoms with Gasteiger partial charge in [0, 0.05) is 6.21 Å². The predicted octanol–water partition coefficient (Wildman–Crippen LogP) is 4.11. The van der Waals surface area contributed by atoms with Gasteiger partial charge in [-0.1, -0.05) is 36.4 Å². The lowest BCUT2D eigenvalue weighted by atomic mass is 10.2. The summed E-state index contributed by atoms with van der Waals surface area (Å²) >= 11 is 0. The van der Waals surface area contributed by atoms with Crippen LogP contribution in [-0.4, -0.2) is 13.3 Å². The molecular weight excluding hydrogens is 222 g/mol. The van der Waals surface area contributed by atoms with Crippen LogP contribution in [0.3, 0.4) is 0 Å². The molecule has 18 heavy (non-hydrogen) atoms. The first-order valence-electron chi connectivity index (χ1n) is 5.78. The highest BCUT2D eigenvalue weighted by atomic mass is 16.5. The van der Waals surface area contributed by atoms with E-state index >= 15 is 0 Å². The molecule has 0 atom stereocenters. The van der Waals surface area contributed by atoms with Crippen molar-refractivity contribution in [3.63, 3.8) is 0 Å². The Morgan fingerprint density at radius 3 is 2.33 bits per heavy atom. The van der Waals surface area contributed by atoms with E-state index in [9.17, 15) is 0 Å². The molecule has 0 radical (unpaired) electrons. The summed E-state index contributed by atoms with van der Waals surface area (Å²) in [5.41, 5.74) is 2.08. The maximum absolute atomic E-state index is 5.09. The molecule has 0 amide bonds. The summed E-state index contributed by atoms with van der Waals surface area (Å²) in [5, 5.41) is 0. The quantitative estimate of drug-likeness (QED) is 0.733. The van der Waals surface area contributed by atoms with Gasteiger partial charge >= 0.3 is 0 Å². The predicted molar refractivity (Wildman–Crippen MR) is 76.6 cm³/mol. The Balaban J connectivity index is 1.96. The van der Waals surface area contributed by atoms with Crippen molar-refractivity contribution < 1.29 is 4.74 Å². The zero-order valence-electron chi connectivity index (χ0n) is 10.3. The van der Waals surface area contributed by atoms with Gasteiger partial charge in [0.05, 0.1) is 12.8 Å². The lowest BCUT2D eigenvalue weighted by molar-refractivity contribution is 0.415. The van der Waals surface area contributed by atoms with Crippen LogP contribution in [0.4, 0.5) is 5.69 Å². The van der Waals surface area contributed by atoms with Crippen molar-refractivity contribution in [1.82, 2.24) is 0 Å². The van der Waals surface area contributed by atoms with Crippen molar-refractivity contribution in [2.24, 2.45) is 4.99 Å². The largest absolute Gasteiger partial charge is 0.497 e. The molecular formula is C16H15NO. The normalized spacial score (nSPS) is 11.2. The zero-order valence-corrected chi connectivity index (χ0v) is 10.3. The van der Waals surface area contributed by atoms with Gasteiger partial charge in [-0.15, -0.1) is 0 Å². The van der Waals surface area contributed by atoms with Crippen LogP contribution >= 0.6 is 0 Å². The first-order valence-corrected chi connectivity index (χ1v) is 5.78. The Morgan fingerprint density at radius 2 is 1.67 bits per heavy atom. The minimum absolute atomic E-state index is 0.841. The monoisotopic (exact) mass is 237 g/mol. The average molecular weight is 237 g/mol. The third-order valence-electron chi connectivity index (χ3n) is 2.47. The van der Waals surface area contributed by atoms with Crippen molar-refractivity contribution in [3.8, 4) is 5.75 Å². The molecule has 0 spiro atoms. The molecule has 0 saturated carbocycles. The molecule has 90 valence electrons. The number of hydrogen-bond acceptors (Lipinski definition) is 2. The molecule has 0 aliphatic heterocycles. The molecule has 2 nitrogen and oxygen atoms in total. The van der Waals surface area contributed by atoms with Crippen molar-refractivity contribution in [1.29, 1.82) is 0 Å². The fourth-order valence-electron chi connectivity index (χ4n) is 1.52. The van der Waals surface area contributed by atoms with Crippen LogP contribution in [0.25, 0.3) is 6.08 Å². The van der Waals surface area contributed by atoms with Crippen LogP contribution in [0.1, 0.15) is 5.56 Å². The number of rotatable bonds is 4. The Labute approximate surface area is 107 Å². The van der Waals surface area contributed by atoms with Gasteiger partial charge in [0.25, 0.3) is 0 Å². The maximum Gasteiger partial charge on any atom is 0.119 e. The van der Waals surface area contributed by atoms with Gasteiger partial charge in [-0.3, -0.25) is 4.99 Å². The summed E-state index contributed by atoms with van der Waals surface area (Å²) in [7, 11) is 1.65. The number of methoxy groups -OCH3 is 1. The minimum Gasteiger partial charge on any atom is -0.497 e. The fraction of sp³-hybridized carbons (Fsp3) is 0.0625. The van der Waals surface area contributed by atoms with Gasteiger partial charge in [0.15, 0.2) is 0 Å². The smallest absolute Gasteiger partial charge is 0.119 e. The zero-order chi connectivity index (χ0) is 12.6. The van der Waals surface area contributed by atoms with E-state index in [0.29, 0.717) is 0 Å². The first kappa shape index (κ1) is 12.1. The summed E-state index contributed by atoms with van der Waals surface area (Å²) < 4.78 is 5.09. The minimum atomic E-state index is 0.841. The maximum atomic E-state index is 5.09. The molecule has 0 saturated heterocycles. The number of hydrogen-bond donors (Lipinski definition) is 0. The summed E-state index contributed by atoms with van der Waals surface area (Å²) in [4.78, 5) is 4.33. The van der Waals surface area contributed by atoms with E-state index in [1.807, 2.05) is 54.6 Å². The summed E-state index contributed by atoms with van der Waals surface area (Å²) in [6.45, 7) is 0. The van der Waals surface area contributed by atoms with Crippen molar-refractivity contribution in [3.05, 3.63) is 66.2 Å². The van der Waals surface area contributed by atoms with Crippen LogP contribution in [-0.2, 0) is 0 Å². The van der Waals surface area contributed by atoms with E-state index in [4.69, 9.17) is 4.74 Å². The van der Waals surface area contributed by atoms with Crippen molar-refractivity contribution in [2.45, 2.75) is 0 Å². The molecule has 0 N–H and O–H groups in total. The second-order valence-corrected chi connectivity index (χ2v) is 3.75. The van der Waals surface area contributed by atoms with Crippen molar-refractivity contribution >= 4 is 18.0 Å². The molecule has 0 heterocycles. The standard InChI is InChI=1S/C16H15NO/c1-18-16-11-9-15(10-12-16)17-13-5-8-14-6-3-2-4-7-14/h2-13H,1H3/b8-5+,17-13+. The number of ether oxygens (including phenoxy) is 1. The van der Waals surface area contributed by atoms with Gasteiger partial charge in [-0.05, 0) is 35.9 Å². The fourth-order valence-corrected chi connectivity index (χ4v) is 1.52. The van der Waals surface area contributed by atoms with Gasteiger partial charge < -0.3 is 4.74 Å². The molecule has 0 aromatic heterocycles. The van der Waals surface area contributed by atoms with E-state index in [1.165, 1.54) is 5.56 Å². The van der Waals surface area contributed by atoms with E-state index in [0.717, 1.165) is 11.4 Å². The van der Waals surface area contributed by atoms with Gasteiger partial charge in [-0.25, -0.2) is 0 Å². The molecule has 2 aromatic rings. The van der Waals surface area contributed by atoms with Crippen molar-refractivity contribution in [2.75, 3.05) is 7.11 Å². The third kappa shape index (κ3) is 3.59. The second-order valence-electron chi connectivity index (χ2n) is 3.75. The van der Waals surface area contributed by atoms with E-state index < -0.39 is 0 Å². The second kappa shape index (κ2) is 6.40. The third-order valence-corrected chi connectivity index (χ3v) is 2.47. The summed E-state index contributed by atoms with van der Waals surface area (Å²) in [5.74, 6) is 0.841. The van der Waals surface area contributed by atoms with E-state index in [2.05, 4.69) is 17.1 Å². The van der Waals surface area contributed by atoms with E-state index in [1.54, 1.807) is 13.3 Å². The highest BCUT2D eigenvalue weighted by Gasteiger charge is 1.89. The number of aliphatic imine (C=N–C) groups is 1. The number of nitrogens with zero attached hydrogens (tertiary/aromatic N) is 1. The highest BCUT2D eigenvalue weighted by molar-refractivity contribution is 5.80. The molecule has 2 rings (SSSR count). The van der Waals surface area contributed by atoms with Gasteiger partial charge in [0.1, 0.15) is 5.75 Å². The van der Waals surface area contributed by atoms with Crippen LogP contribution < -0.4 is 4.74 Å². The number of benzene rings is 2. The van der Waals surface area contributed by atoms with Crippen LogP contribution in [0.5, 0.6) is 5.75 Å². The lowest BCUT2D eigenvalue weighted by Crippen LogP contribution is -1.79. The van der Waals surface area contributed by atoms with Gasteiger partial charge in [0.2, 0.25) is 0 Å². The molecule has 2 heteroatoms. The molecule has 0 aliphatic rings. The molecule has 0 aliphatic carbocycles. The Kier molecular flexibility index (Phi) is 4.31. The Hall–Kier alpha value is -2.35. The van der Waals surface area contributed by atoms with Crippen LogP contribution in [0, 0.1) is 0 Å². The lowest BCUT2D eigenvalue weighted by Gasteiger charge is -1.98. The van der Waals surface area contributed by atoms with Crippen LogP contribution in [0.15, 0.2) is 65.7 Å². The summed E-state index contributed by atoms with van der Waals surface area (Å²) in [6.07, 6.45) is 5.74. The summed E-state index contributed by atoms with van der Waals surface area (Å²) in [6, 6.07) is 17.8. The van der Waals surface area contributed by atoms with Gasteiger partial charge in [-0.2, -0.15) is 0 Å². The average Bonchev–Trinajstić information content (AvgIpc) is 2.45. The van der Waals surface area contributed by atoms with Crippen LogP contribution in [0.2, 0.25) is 0 Å². The highest BCUT2D eigenvalue weighted by Crippen LogP contribution is 2.17.